The van der Waals surface area contributed by atoms with Gasteiger partial charge in [-0.1, -0.05) is 41.9 Å². The standard InChI is InChI=1S/C23H27ClN2O5S/c1-17(22(27)25-14-13-18-6-3-2-4-7-18)31-23(28)19-8-5-15-26(16-19)32(29,30)21-11-9-20(24)10-12-21/h2-4,6-7,9-12,17,19H,5,8,13-16H2,1H3,(H,25,27). The van der Waals surface area contributed by atoms with Gasteiger partial charge in [-0.3, -0.25) is 9.59 Å². The van der Waals surface area contributed by atoms with E-state index in [1.807, 2.05) is 30.3 Å². The average Bonchev–Trinajstić information content (AvgIpc) is 2.80. The smallest absolute Gasteiger partial charge is 0.311 e. The summed E-state index contributed by atoms with van der Waals surface area (Å²) in [5.74, 6) is -1.56. The van der Waals surface area contributed by atoms with Gasteiger partial charge in [0.15, 0.2) is 6.10 Å². The van der Waals surface area contributed by atoms with Gasteiger partial charge in [0.1, 0.15) is 0 Å². The summed E-state index contributed by atoms with van der Waals surface area (Å²) in [6, 6.07) is 15.7. The van der Waals surface area contributed by atoms with Crippen molar-refractivity contribution in [3.63, 3.8) is 0 Å². The molecule has 32 heavy (non-hydrogen) atoms. The highest BCUT2D eigenvalue weighted by molar-refractivity contribution is 7.89. The van der Waals surface area contributed by atoms with Crippen molar-refractivity contribution in [1.29, 1.82) is 0 Å². The Morgan fingerprint density at radius 2 is 1.84 bits per heavy atom. The van der Waals surface area contributed by atoms with Gasteiger partial charge in [0.25, 0.3) is 5.91 Å². The van der Waals surface area contributed by atoms with Crippen molar-refractivity contribution >= 4 is 33.5 Å². The second kappa shape index (κ2) is 10.9. The van der Waals surface area contributed by atoms with Gasteiger partial charge in [0.2, 0.25) is 10.0 Å². The maximum absolute atomic E-state index is 12.9. The molecule has 2 unspecified atom stereocenters. The SMILES string of the molecule is CC(OC(=O)C1CCCN(S(=O)(=O)c2ccc(Cl)cc2)C1)C(=O)NCCc1ccccc1. The molecular weight excluding hydrogens is 452 g/mol. The van der Waals surface area contributed by atoms with E-state index in [1.165, 1.54) is 35.5 Å². The molecule has 7 nitrogen and oxygen atoms in total. The Labute approximate surface area is 193 Å². The predicted octanol–water partition coefficient (Wildman–Crippen LogP) is 3.03. The number of sulfonamides is 1. The molecule has 2 atom stereocenters. The first kappa shape index (κ1) is 24.2. The molecule has 1 amide bonds. The van der Waals surface area contributed by atoms with Crippen LogP contribution < -0.4 is 5.32 Å². The van der Waals surface area contributed by atoms with Crippen molar-refractivity contribution in [1.82, 2.24) is 9.62 Å². The maximum atomic E-state index is 12.9. The lowest BCUT2D eigenvalue weighted by Crippen LogP contribution is -2.44. The van der Waals surface area contributed by atoms with E-state index >= 15 is 0 Å². The van der Waals surface area contributed by atoms with E-state index in [9.17, 15) is 18.0 Å². The molecule has 1 saturated heterocycles. The van der Waals surface area contributed by atoms with Crippen LogP contribution in [0.1, 0.15) is 25.3 Å². The predicted molar refractivity (Wildman–Crippen MR) is 122 cm³/mol. The van der Waals surface area contributed by atoms with Crippen LogP contribution in [0, 0.1) is 5.92 Å². The molecule has 1 heterocycles. The lowest BCUT2D eigenvalue weighted by Gasteiger charge is -2.31. The van der Waals surface area contributed by atoms with E-state index < -0.39 is 28.0 Å². The molecule has 1 N–H and O–H groups in total. The number of hydrogen-bond acceptors (Lipinski definition) is 5. The zero-order valence-electron chi connectivity index (χ0n) is 17.9. The fourth-order valence-corrected chi connectivity index (χ4v) is 5.20. The van der Waals surface area contributed by atoms with Crippen molar-refractivity contribution in [3.8, 4) is 0 Å². The van der Waals surface area contributed by atoms with Crippen molar-refractivity contribution in [2.45, 2.75) is 37.2 Å². The Hall–Kier alpha value is -2.42. The van der Waals surface area contributed by atoms with Crippen LogP contribution in [-0.4, -0.2) is 50.3 Å². The first-order valence-electron chi connectivity index (χ1n) is 10.5. The summed E-state index contributed by atoms with van der Waals surface area (Å²) in [5, 5.41) is 3.21. The topological polar surface area (TPSA) is 92.8 Å². The minimum atomic E-state index is -3.74. The number of ether oxygens (including phenoxy) is 1. The van der Waals surface area contributed by atoms with Crippen molar-refractivity contribution in [2.24, 2.45) is 5.92 Å². The molecule has 2 aromatic rings. The molecule has 0 radical (unpaired) electrons. The van der Waals surface area contributed by atoms with Crippen LogP contribution in [0.5, 0.6) is 0 Å². The monoisotopic (exact) mass is 478 g/mol. The molecule has 0 bridgehead atoms. The molecule has 172 valence electrons. The number of amides is 1. The van der Waals surface area contributed by atoms with Crippen LogP contribution in [0.3, 0.4) is 0 Å². The first-order valence-corrected chi connectivity index (χ1v) is 12.4. The van der Waals surface area contributed by atoms with Crippen LogP contribution >= 0.6 is 11.6 Å². The van der Waals surface area contributed by atoms with Gasteiger partial charge < -0.3 is 10.1 Å². The number of benzene rings is 2. The zero-order valence-corrected chi connectivity index (χ0v) is 19.4. The summed E-state index contributed by atoms with van der Waals surface area (Å²) in [7, 11) is -3.74. The Kier molecular flexibility index (Phi) is 8.28. The highest BCUT2D eigenvalue weighted by atomic mass is 35.5. The van der Waals surface area contributed by atoms with E-state index in [4.69, 9.17) is 16.3 Å². The molecule has 1 fully saturated rings. The number of piperidine rings is 1. The largest absolute Gasteiger partial charge is 0.452 e. The van der Waals surface area contributed by atoms with Gasteiger partial charge in [-0.05, 0) is 56.0 Å². The Balaban J connectivity index is 1.51. The molecule has 2 aromatic carbocycles. The summed E-state index contributed by atoms with van der Waals surface area (Å²) in [6.07, 6.45) is 0.757. The Morgan fingerprint density at radius 3 is 2.53 bits per heavy atom. The second-order valence-corrected chi connectivity index (χ2v) is 10.1. The highest BCUT2D eigenvalue weighted by Crippen LogP contribution is 2.25. The molecule has 0 aliphatic carbocycles. The quantitative estimate of drug-likeness (QED) is 0.589. The van der Waals surface area contributed by atoms with Gasteiger partial charge in [-0.2, -0.15) is 4.31 Å². The fraction of sp³-hybridized carbons (Fsp3) is 0.391. The minimum Gasteiger partial charge on any atom is -0.452 e. The van der Waals surface area contributed by atoms with Gasteiger partial charge in [0.05, 0.1) is 10.8 Å². The summed E-state index contributed by atoms with van der Waals surface area (Å²) >= 11 is 5.85. The summed E-state index contributed by atoms with van der Waals surface area (Å²) in [6.45, 7) is 2.29. The van der Waals surface area contributed by atoms with Gasteiger partial charge in [0, 0.05) is 24.7 Å². The van der Waals surface area contributed by atoms with Gasteiger partial charge in [-0.25, -0.2) is 8.42 Å². The molecule has 1 aliphatic heterocycles. The summed E-state index contributed by atoms with van der Waals surface area (Å²) in [5.41, 5.74) is 1.10. The van der Waals surface area contributed by atoms with E-state index in [0.29, 0.717) is 37.4 Å². The third kappa shape index (κ3) is 6.31. The van der Waals surface area contributed by atoms with Crippen LogP contribution in [-0.2, 0) is 30.8 Å². The average molecular weight is 479 g/mol. The Bertz CT molecular complexity index is 1030. The number of rotatable bonds is 8. The van der Waals surface area contributed by atoms with E-state index in [0.717, 1.165) is 5.56 Å². The van der Waals surface area contributed by atoms with Crippen LogP contribution in [0.25, 0.3) is 0 Å². The summed E-state index contributed by atoms with van der Waals surface area (Å²) < 4.78 is 32.4. The number of carbonyl (C=O) groups is 2. The normalized spacial score (nSPS) is 18.0. The van der Waals surface area contributed by atoms with Gasteiger partial charge >= 0.3 is 5.97 Å². The van der Waals surface area contributed by atoms with Crippen LogP contribution in [0.2, 0.25) is 5.02 Å². The number of nitrogens with zero attached hydrogens (tertiary/aromatic N) is 1. The second-order valence-electron chi connectivity index (χ2n) is 7.76. The summed E-state index contributed by atoms with van der Waals surface area (Å²) in [4.78, 5) is 25.0. The van der Waals surface area contributed by atoms with Crippen molar-refractivity contribution < 1.29 is 22.7 Å². The molecule has 0 saturated carbocycles. The molecule has 9 heteroatoms. The third-order valence-electron chi connectivity index (χ3n) is 5.39. The Morgan fingerprint density at radius 1 is 1.16 bits per heavy atom. The van der Waals surface area contributed by atoms with E-state index in [1.54, 1.807) is 0 Å². The lowest BCUT2D eigenvalue weighted by atomic mass is 10.00. The fourth-order valence-electron chi connectivity index (χ4n) is 3.55. The van der Waals surface area contributed by atoms with E-state index in [2.05, 4.69) is 5.32 Å². The third-order valence-corrected chi connectivity index (χ3v) is 7.52. The van der Waals surface area contributed by atoms with E-state index in [-0.39, 0.29) is 17.3 Å². The van der Waals surface area contributed by atoms with Crippen molar-refractivity contribution in [2.75, 3.05) is 19.6 Å². The number of nitrogens with one attached hydrogen (secondary N) is 1. The number of hydrogen-bond donors (Lipinski definition) is 1. The highest BCUT2D eigenvalue weighted by Gasteiger charge is 2.35. The minimum absolute atomic E-state index is 0.0200. The first-order chi connectivity index (χ1) is 15.3. The molecule has 1 aliphatic rings. The van der Waals surface area contributed by atoms with Crippen molar-refractivity contribution in [3.05, 3.63) is 65.2 Å². The molecule has 0 aromatic heterocycles. The molecule has 3 rings (SSSR count). The van der Waals surface area contributed by atoms with Crippen LogP contribution in [0.4, 0.5) is 0 Å². The number of carbonyl (C=O) groups excluding carboxylic acids is 2. The zero-order chi connectivity index (χ0) is 23.1. The van der Waals surface area contributed by atoms with Crippen LogP contribution in [0.15, 0.2) is 59.5 Å². The molecular formula is C23H27ClN2O5S. The lowest BCUT2D eigenvalue weighted by molar-refractivity contribution is -0.159. The number of esters is 1. The number of halogens is 1. The maximum Gasteiger partial charge on any atom is 0.311 e. The molecule has 0 spiro atoms. The van der Waals surface area contributed by atoms with Gasteiger partial charge in [-0.15, -0.1) is 0 Å².